The second-order valence-electron chi connectivity index (χ2n) is 2.75. The molecule has 1 heterocycles. The first-order valence-electron chi connectivity index (χ1n) is 3.74. The Morgan fingerprint density at radius 1 is 1.62 bits per heavy atom. The number of carbonyl (C=O) groups is 1. The minimum atomic E-state index is -1.03. The van der Waals surface area contributed by atoms with E-state index < -0.39 is 5.97 Å². The van der Waals surface area contributed by atoms with Gasteiger partial charge in [-0.05, 0) is 25.5 Å². The minimum Gasteiger partial charge on any atom is -0.478 e. The molecule has 4 N–H and O–H groups in total. The molecule has 5 heteroatoms. The number of hydrogen-bond acceptors (Lipinski definition) is 4. The van der Waals surface area contributed by atoms with Gasteiger partial charge in [-0.1, -0.05) is 0 Å². The van der Waals surface area contributed by atoms with Crippen molar-refractivity contribution in [1.29, 1.82) is 0 Å². The second kappa shape index (κ2) is 3.40. The van der Waals surface area contributed by atoms with Crippen LogP contribution in [0.5, 0.6) is 0 Å². The zero-order valence-corrected chi connectivity index (χ0v) is 7.46. The number of nitrogens with two attached hydrogens (primary N) is 1. The molecule has 0 saturated carbocycles. The third-order valence-electron chi connectivity index (χ3n) is 1.70. The predicted octanol–water partition coefficient (Wildman–Crippen LogP) is 0.682. The molecule has 0 aliphatic carbocycles. The molecule has 70 valence electrons. The van der Waals surface area contributed by atoms with Crippen LogP contribution in [0.4, 0.5) is 5.82 Å². The molecular weight excluding hydrogens is 170 g/mol. The number of pyridine rings is 1. The van der Waals surface area contributed by atoms with Crippen LogP contribution in [-0.2, 0) is 0 Å². The van der Waals surface area contributed by atoms with Crippen LogP contribution in [0.3, 0.4) is 0 Å². The molecule has 0 aromatic carbocycles. The number of nitrogens with zero attached hydrogens (tertiary/aromatic N) is 1. The number of hydrogen-bond donors (Lipinski definition) is 3. The topological polar surface area (TPSA) is 88.2 Å². The summed E-state index contributed by atoms with van der Waals surface area (Å²) in [5.41, 5.74) is 3.76. The molecule has 0 aliphatic rings. The van der Waals surface area contributed by atoms with Crippen LogP contribution in [0, 0.1) is 13.8 Å². The van der Waals surface area contributed by atoms with Gasteiger partial charge in [0.2, 0.25) is 0 Å². The van der Waals surface area contributed by atoms with Gasteiger partial charge in [0.1, 0.15) is 5.56 Å². The maximum absolute atomic E-state index is 10.8. The highest BCUT2D eigenvalue weighted by Gasteiger charge is 2.14. The van der Waals surface area contributed by atoms with Gasteiger partial charge in [0.25, 0.3) is 0 Å². The SMILES string of the molecule is Cc1cc(C)c(C(=O)O)c(NN)n1. The van der Waals surface area contributed by atoms with Crippen molar-refractivity contribution in [2.24, 2.45) is 5.84 Å². The number of aromatic carboxylic acids is 1. The molecule has 0 radical (unpaired) electrons. The minimum absolute atomic E-state index is 0.119. The highest BCUT2D eigenvalue weighted by atomic mass is 16.4. The van der Waals surface area contributed by atoms with Crippen LogP contribution in [0.1, 0.15) is 21.6 Å². The standard InChI is InChI=1S/C8H11N3O2/c1-4-3-5(2)10-7(11-9)6(4)8(12)13/h3H,9H2,1-2H3,(H,10,11)(H,12,13). The highest BCUT2D eigenvalue weighted by Crippen LogP contribution is 2.17. The molecule has 0 saturated heterocycles. The zero-order valence-electron chi connectivity index (χ0n) is 7.46. The van der Waals surface area contributed by atoms with E-state index >= 15 is 0 Å². The molecule has 0 spiro atoms. The van der Waals surface area contributed by atoms with Gasteiger partial charge in [-0.25, -0.2) is 15.6 Å². The molecule has 0 aliphatic heterocycles. The Labute approximate surface area is 75.6 Å². The summed E-state index contributed by atoms with van der Waals surface area (Å²) in [5.74, 6) is 4.32. The van der Waals surface area contributed by atoms with Gasteiger partial charge in [-0.2, -0.15) is 0 Å². The van der Waals surface area contributed by atoms with Gasteiger partial charge in [0, 0.05) is 5.69 Å². The molecular formula is C8H11N3O2. The third-order valence-corrected chi connectivity index (χ3v) is 1.70. The predicted molar refractivity (Wildman–Crippen MR) is 48.5 cm³/mol. The van der Waals surface area contributed by atoms with Crippen LogP contribution in [0.25, 0.3) is 0 Å². The summed E-state index contributed by atoms with van der Waals surface area (Å²) in [6.45, 7) is 3.48. The Morgan fingerprint density at radius 2 is 2.23 bits per heavy atom. The third kappa shape index (κ3) is 1.75. The first kappa shape index (κ1) is 9.47. The number of hydrazine groups is 1. The van der Waals surface area contributed by atoms with E-state index in [9.17, 15) is 4.79 Å². The first-order valence-corrected chi connectivity index (χ1v) is 3.74. The molecule has 0 fully saturated rings. The fourth-order valence-corrected chi connectivity index (χ4v) is 1.21. The van der Waals surface area contributed by atoms with Crippen LogP contribution in [0.15, 0.2) is 6.07 Å². The lowest BCUT2D eigenvalue weighted by Gasteiger charge is -2.07. The Morgan fingerprint density at radius 3 is 2.69 bits per heavy atom. The number of nitrogens with one attached hydrogen (secondary N) is 1. The molecule has 13 heavy (non-hydrogen) atoms. The Kier molecular flexibility index (Phi) is 2.48. The van der Waals surface area contributed by atoms with Crippen molar-refractivity contribution in [2.45, 2.75) is 13.8 Å². The zero-order chi connectivity index (χ0) is 10.0. The van der Waals surface area contributed by atoms with Crippen molar-refractivity contribution in [3.8, 4) is 0 Å². The smallest absolute Gasteiger partial charge is 0.339 e. The van der Waals surface area contributed by atoms with Crippen molar-refractivity contribution < 1.29 is 9.90 Å². The van der Waals surface area contributed by atoms with Crippen LogP contribution in [-0.4, -0.2) is 16.1 Å². The van der Waals surface area contributed by atoms with Gasteiger partial charge < -0.3 is 10.5 Å². The number of aromatic nitrogens is 1. The summed E-state index contributed by atoms with van der Waals surface area (Å²) in [5, 5.41) is 8.83. The average molecular weight is 181 g/mol. The van der Waals surface area contributed by atoms with Crippen molar-refractivity contribution in [2.75, 3.05) is 5.43 Å². The van der Waals surface area contributed by atoms with E-state index in [2.05, 4.69) is 10.4 Å². The van der Waals surface area contributed by atoms with Crippen molar-refractivity contribution in [1.82, 2.24) is 4.98 Å². The number of aryl methyl sites for hydroxylation is 2. The van der Waals surface area contributed by atoms with Gasteiger partial charge in [0.15, 0.2) is 5.82 Å². The van der Waals surface area contributed by atoms with Crippen molar-refractivity contribution in [3.63, 3.8) is 0 Å². The lowest BCUT2D eigenvalue weighted by atomic mass is 10.1. The van der Waals surface area contributed by atoms with Gasteiger partial charge in [-0.3, -0.25) is 0 Å². The molecule has 1 aromatic heterocycles. The van der Waals surface area contributed by atoms with E-state index in [0.717, 1.165) is 5.69 Å². The fraction of sp³-hybridized carbons (Fsp3) is 0.250. The van der Waals surface area contributed by atoms with Crippen LogP contribution < -0.4 is 11.3 Å². The largest absolute Gasteiger partial charge is 0.478 e. The van der Waals surface area contributed by atoms with Gasteiger partial charge in [-0.15, -0.1) is 0 Å². The van der Waals surface area contributed by atoms with E-state index in [1.165, 1.54) is 0 Å². The summed E-state index contributed by atoms with van der Waals surface area (Å²) >= 11 is 0. The molecule has 0 bridgehead atoms. The number of anilines is 1. The van der Waals surface area contributed by atoms with Crippen LogP contribution >= 0.6 is 0 Å². The molecule has 5 nitrogen and oxygen atoms in total. The van der Waals surface area contributed by atoms with Gasteiger partial charge >= 0.3 is 5.97 Å². The summed E-state index contributed by atoms with van der Waals surface area (Å²) in [7, 11) is 0. The summed E-state index contributed by atoms with van der Waals surface area (Å²) < 4.78 is 0. The van der Waals surface area contributed by atoms with E-state index in [1.54, 1.807) is 19.9 Å². The quantitative estimate of drug-likeness (QED) is 0.461. The van der Waals surface area contributed by atoms with E-state index in [4.69, 9.17) is 10.9 Å². The Bertz CT molecular complexity index is 349. The average Bonchev–Trinajstić information content (AvgIpc) is 2.01. The summed E-state index contributed by atoms with van der Waals surface area (Å²) in [6, 6.07) is 1.70. The Hall–Kier alpha value is -1.62. The van der Waals surface area contributed by atoms with E-state index in [0.29, 0.717) is 5.56 Å². The molecule has 1 aromatic rings. The number of carboxylic acid groups (broad SMARTS) is 1. The lowest BCUT2D eigenvalue weighted by molar-refractivity contribution is 0.0697. The molecule has 0 amide bonds. The van der Waals surface area contributed by atoms with E-state index in [-0.39, 0.29) is 11.4 Å². The molecule has 0 atom stereocenters. The van der Waals surface area contributed by atoms with Gasteiger partial charge in [0.05, 0.1) is 0 Å². The Balaban J connectivity index is 3.38. The number of rotatable bonds is 2. The summed E-state index contributed by atoms with van der Waals surface area (Å²) in [4.78, 5) is 14.7. The highest BCUT2D eigenvalue weighted by molar-refractivity contribution is 5.94. The molecule has 0 unspecified atom stereocenters. The monoisotopic (exact) mass is 181 g/mol. The van der Waals surface area contributed by atoms with E-state index in [1.807, 2.05) is 0 Å². The summed E-state index contributed by atoms with van der Waals surface area (Å²) in [6.07, 6.45) is 0. The number of carboxylic acids is 1. The maximum Gasteiger partial charge on any atom is 0.339 e. The fourth-order valence-electron chi connectivity index (χ4n) is 1.21. The first-order chi connectivity index (χ1) is 6.06. The molecule has 1 rings (SSSR count). The number of nitrogen functional groups attached to an aromatic ring is 1. The van der Waals surface area contributed by atoms with Crippen molar-refractivity contribution >= 4 is 11.8 Å². The second-order valence-corrected chi connectivity index (χ2v) is 2.75. The normalized spacial score (nSPS) is 9.77. The van der Waals surface area contributed by atoms with Crippen LogP contribution in [0.2, 0.25) is 0 Å². The lowest BCUT2D eigenvalue weighted by Crippen LogP contribution is -2.15. The maximum atomic E-state index is 10.8. The van der Waals surface area contributed by atoms with Crippen molar-refractivity contribution in [3.05, 3.63) is 22.9 Å².